The van der Waals surface area contributed by atoms with E-state index in [0.29, 0.717) is 17.4 Å². The summed E-state index contributed by atoms with van der Waals surface area (Å²) in [6.07, 6.45) is 1.61. The van der Waals surface area contributed by atoms with E-state index in [1.165, 1.54) is 7.11 Å². The lowest BCUT2D eigenvalue weighted by Gasteiger charge is -2.19. The molecular weight excluding hydrogens is 204 g/mol. The van der Waals surface area contributed by atoms with Gasteiger partial charge in [-0.15, -0.1) is 0 Å². The van der Waals surface area contributed by atoms with Crippen LogP contribution in [-0.4, -0.2) is 36.5 Å². The van der Waals surface area contributed by atoms with Gasteiger partial charge >= 0.3 is 0 Å². The third kappa shape index (κ3) is 2.95. The Hall–Kier alpha value is -1.58. The highest BCUT2D eigenvalue weighted by molar-refractivity contribution is 5.96. The van der Waals surface area contributed by atoms with E-state index in [-0.39, 0.29) is 5.91 Å². The normalized spacial score (nSPS) is 10.3. The van der Waals surface area contributed by atoms with Crippen LogP contribution >= 0.6 is 0 Å². The van der Waals surface area contributed by atoms with Gasteiger partial charge < -0.3 is 9.64 Å². The smallest absolute Gasteiger partial charge is 0.259 e. The Balaban J connectivity index is 2.87. The van der Waals surface area contributed by atoms with Gasteiger partial charge in [0.05, 0.1) is 7.11 Å². The van der Waals surface area contributed by atoms with Crippen LogP contribution in [-0.2, 0) is 0 Å². The molecule has 0 unspecified atom stereocenters. The van der Waals surface area contributed by atoms with E-state index in [0.717, 1.165) is 6.54 Å². The Morgan fingerprint density at radius 1 is 1.56 bits per heavy atom. The summed E-state index contributed by atoms with van der Waals surface area (Å²) in [6, 6.07) is 3.46. The fourth-order valence-electron chi connectivity index (χ4n) is 1.55. The highest BCUT2D eigenvalue weighted by atomic mass is 16.5. The van der Waals surface area contributed by atoms with Crippen molar-refractivity contribution in [3.63, 3.8) is 0 Å². The zero-order chi connectivity index (χ0) is 12.1. The number of hydrogen-bond acceptors (Lipinski definition) is 3. The van der Waals surface area contributed by atoms with Crippen LogP contribution in [0.4, 0.5) is 0 Å². The summed E-state index contributed by atoms with van der Waals surface area (Å²) >= 11 is 0. The lowest BCUT2D eigenvalue weighted by molar-refractivity contribution is 0.0775. The lowest BCUT2D eigenvalue weighted by atomic mass is 10.2. The summed E-state index contributed by atoms with van der Waals surface area (Å²) in [7, 11) is 3.30. The summed E-state index contributed by atoms with van der Waals surface area (Å²) in [6.45, 7) is 4.87. The third-order valence-corrected chi connectivity index (χ3v) is 2.18. The van der Waals surface area contributed by atoms with Crippen molar-refractivity contribution >= 4 is 5.91 Å². The van der Waals surface area contributed by atoms with Gasteiger partial charge in [0.1, 0.15) is 5.56 Å². The molecule has 0 saturated carbocycles. The Morgan fingerprint density at radius 3 is 2.81 bits per heavy atom. The van der Waals surface area contributed by atoms with Crippen molar-refractivity contribution in [1.29, 1.82) is 0 Å². The van der Waals surface area contributed by atoms with Gasteiger partial charge in [-0.2, -0.15) is 0 Å². The van der Waals surface area contributed by atoms with Crippen LogP contribution in [0.1, 0.15) is 24.2 Å². The Bertz CT molecular complexity index is 364. The number of ether oxygens (including phenoxy) is 1. The first-order valence-corrected chi connectivity index (χ1v) is 5.30. The minimum absolute atomic E-state index is 0.0568. The van der Waals surface area contributed by atoms with Crippen molar-refractivity contribution in [2.75, 3.05) is 20.7 Å². The number of nitrogens with zero attached hydrogens (tertiary/aromatic N) is 2. The standard InChI is InChI=1S/C12H18N2O2/c1-9(2)8-14(3)12(15)10-6-5-7-13-11(10)16-4/h5-7,9H,8H2,1-4H3. The molecule has 0 radical (unpaired) electrons. The van der Waals surface area contributed by atoms with Crippen molar-refractivity contribution < 1.29 is 9.53 Å². The van der Waals surface area contributed by atoms with E-state index in [2.05, 4.69) is 18.8 Å². The molecule has 0 aromatic carbocycles. The maximum Gasteiger partial charge on any atom is 0.259 e. The van der Waals surface area contributed by atoms with Crippen LogP contribution in [0.3, 0.4) is 0 Å². The van der Waals surface area contributed by atoms with Gasteiger partial charge in [0, 0.05) is 19.8 Å². The molecule has 1 aromatic rings. The zero-order valence-electron chi connectivity index (χ0n) is 10.2. The summed E-state index contributed by atoms with van der Waals surface area (Å²) < 4.78 is 5.06. The number of amides is 1. The van der Waals surface area contributed by atoms with Crippen LogP contribution < -0.4 is 4.74 Å². The molecule has 88 valence electrons. The van der Waals surface area contributed by atoms with Gasteiger partial charge in [-0.3, -0.25) is 4.79 Å². The summed E-state index contributed by atoms with van der Waals surface area (Å²) in [5.74, 6) is 0.762. The van der Waals surface area contributed by atoms with Gasteiger partial charge in [0.25, 0.3) is 5.91 Å². The molecule has 0 N–H and O–H groups in total. The minimum atomic E-state index is -0.0568. The van der Waals surface area contributed by atoms with E-state index in [1.807, 2.05) is 0 Å². The monoisotopic (exact) mass is 222 g/mol. The Morgan fingerprint density at radius 2 is 2.25 bits per heavy atom. The van der Waals surface area contributed by atoms with Crippen molar-refractivity contribution in [2.45, 2.75) is 13.8 Å². The summed E-state index contributed by atoms with van der Waals surface area (Å²) in [4.78, 5) is 17.8. The number of hydrogen-bond donors (Lipinski definition) is 0. The van der Waals surface area contributed by atoms with E-state index in [1.54, 1.807) is 30.3 Å². The van der Waals surface area contributed by atoms with Crippen LogP contribution in [0.15, 0.2) is 18.3 Å². The first-order chi connectivity index (χ1) is 7.56. The number of pyridine rings is 1. The van der Waals surface area contributed by atoms with E-state index in [9.17, 15) is 4.79 Å². The zero-order valence-corrected chi connectivity index (χ0v) is 10.2. The van der Waals surface area contributed by atoms with E-state index < -0.39 is 0 Å². The van der Waals surface area contributed by atoms with Crippen LogP contribution in [0, 0.1) is 5.92 Å². The average molecular weight is 222 g/mol. The van der Waals surface area contributed by atoms with Gasteiger partial charge in [0.2, 0.25) is 5.88 Å². The van der Waals surface area contributed by atoms with Gasteiger partial charge in [-0.25, -0.2) is 4.98 Å². The molecule has 1 heterocycles. The molecule has 0 fully saturated rings. The summed E-state index contributed by atoms with van der Waals surface area (Å²) in [5.41, 5.74) is 0.508. The molecule has 1 rings (SSSR count). The van der Waals surface area contributed by atoms with E-state index in [4.69, 9.17) is 4.74 Å². The van der Waals surface area contributed by atoms with Crippen LogP contribution in [0.25, 0.3) is 0 Å². The molecule has 1 amide bonds. The summed E-state index contributed by atoms with van der Waals surface area (Å²) in [5, 5.41) is 0. The molecule has 0 aliphatic rings. The van der Waals surface area contributed by atoms with Crippen LogP contribution in [0.5, 0.6) is 5.88 Å². The number of carbonyl (C=O) groups is 1. The van der Waals surface area contributed by atoms with Gasteiger partial charge in [0.15, 0.2) is 0 Å². The quantitative estimate of drug-likeness (QED) is 0.780. The molecule has 0 aliphatic carbocycles. The molecule has 16 heavy (non-hydrogen) atoms. The Kier molecular flexibility index (Phi) is 4.28. The average Bonchev–Trinajstić information content (AvgIpc) is 2.27. The largest absolute Gasteiger partial charge is 0.480 e. The molecule has 0 spiro atoms. The van der Waals surface area contributed by atoms with Crippen molar-refractivity contribution in [1.82, 2.24) is 9.88 Å². The molecular formula is C12H18N2O2. The van der Waals surface area contributed by atoms with Gasteiger partial charge in [-0.1, -0.05) is 13.8 Å². The molecule has 0 atom stereocenters. The van der Waals surface area contributed by atoms with Crippen molar-refractivity contribution in [3.05, 3.63) is 23.9 Å². The second-order valence-electron chi connectivity index (χ2n) is 4.14. The molecule has 4 heteroatoms. The fourth-order valence-corrected chi connectivity index (χ4v) is 1.55. The number of aromatic nitrogens is 1. The lowest BCUT2D eigenvalue weighted by Crippen LogP contribution is -2.30. The second-order valence-corrected chi connectivity index (χ2v) is 4.14. The third-order valence-electron chi connectivity index (χ3n) is 2.18. The molecule has 0 bridgehead atoms. The molecule has 1 aromatic heterocycles. The molecule has 0 saturated heterocycles. The fraction of sp³-hybridized carbons (Fsp3) is 0.500. The highest BCUT2D eigenvalue weighted by Gasteiger charge is 2.17. The first kappa shape index (κ1) is 12.5. The maximum atomic E-state index is 12.1. The maximum absolute atomic E-state index is 12.1. The predicted octanol–water partition coefficient (Wildman–Crippen LogP) is 1.82. The predicted molar refractivity (Wildman–Crippen MR) is 62.6 cm³/mol. The Labute approximate surface area is 96.2 Å². The number of methoxy groups -OCH3 is 1. The number of carbonyl (C=O) groups excluding carboxylic acids is 1. The van der Waals surface area contributed by atoms with Crippen molar-refractivity contribution in [2.24, 2.45) is 5.92 Å². The van der Waals surface area contributed by atoms with Gasteiger partial charge in [-0.05, 0) is 18.1 Å². The first-order valence-electron chi connectivity index (χ1n) is 5.30. The highest BCUT2D eigenvalue weighted by Crippen LogP contribution is 2.15. The molecule has 0 aliphatic heterocycles. The topological polar surface area (TPSA) is 42.4 Å². The SMILES string of the molecule is COc1ncccc1C(=O)N(C)CC(C)C. The minimum Gasteiger partial charge on any atom is -0.480 e. The number of rotatable bonds is 4. The van der Waals surface area contributed by atoms with E-state index >= 15 is 0 Å². The molecule has 4 nitrogen and oxygen atoms in total. The second kappa shape index (κ2) is 5.49. The van der Waals surface area contributed by atoms with Crippen LogP contribution in [0.2, 0.25) is 0 Å². The van der Waals surface area contributed by atoms with Crippen molar-refractivity contribution in [3.8, 4) is 5.88 Å².